The van der Waals surface area contributed by atoms with E-state index < -0.39 is 5.92 Å². The fraction of sp³-hybridized carbons (Fsp3) is 0.333. The van der Waals surface area contributed by atoms with E-state index in [1.807, 2.05) is 48.5 Å². The number of rotatable bonds is 5. The lowest BCUT2D eigenvalue weighted by atomic mass is 10.1. The Morgan fingerprint density at radius 1 is 1.08 bits per heavy atom. The third kappa shape index (κ3) is 3.73. The van der Waals surface area contributed by atoms with Gasteiger partial charge in [-0.3, -0.25) is 9.59 Å². The fourth-order valence-electron chi connectivity index (χ4n) is 3.19. The number of nitrogens with zero attached hydrogens (tertiary/aromatic N) is 1. The molecule has 2 aromatic rings. The molecule has 0 bridgehead atoms. The molecule has 0 unspecified atom stereocenters. The average molecular weight is 336 g/mol. The van der Waals surface area contributed by atoms with Crippen LogP contribution in [0, 0.1) is 5.92 Å². The number of amides is 2. The Kier molecular flexibility index (Phi) is 5.17. The molecule has 3 rings (SSSR count). The van der Waals surface area contributed by atoms with Crippen LogP contribution in [0.1, 0.15) is 31.4 Å². The molecule has 0 aromatic heterocycles. The molecule has 0 aliphatic carbocycles. The summed E-state index contributed by atoms with van der Waals surface area (Å²) in [6, 6.07) is 15.8. The van der Waals surface area contributed by atoms with Crippen molar-refractivity contribution in [1.82, 2.24) is 0 Å². The summed E-state index contributed by atoms with van der Waals surface area (Å²) in [6.45, 7) is 4.75. The number of hydrogen-bond acceptors (Lipinski definition) is 2. The molecule has 25 heavy (non-hydrogen) atoms. The first-order valence-corrected chi connectivity index (χ1v) is 8.92. The van der Waals surface area contributed by atoms with Gasteiger partial charge in [0.1, 0.15) is 5.92 Å². The zero-order chi connectivity index (χ0) is 17.8. The van der Waals surface area contributed by atoms with E-state index in [0.717, 1.165) is 29.8 Å². The van der Waals surface area contributed by atoms with Crippen molar-refractivity contribution in [3.63, 3.8) is 0 Å². The SMILES string of the molecule is CCc1ccc(N2CC[C@@H](C(=O)Nc3cccc(CC)c3)C2=O)cc1. The molecular formula is C21H24N2O2. The van der Waals surface area contributed by atoms with Crippen molar-refractivity contribution in [2.24, 2.45) is 5.92 Å². The molecule has 1 fully saturated rings. The molecule has 2 aromatic carbocycles. The number of benzene rings is 2. The zero-order valence-corrected chi connectivity index (χ0v) is 14.8. The number of hydrogen-bond donors (Lipinski definition) is 1. The number of nitrogens with one attached hydrogen (secondary N) is 1. The van der Waals surface area contributed by atoms with E-state index in [-0.39, 0.29) is 11.8 Å². The first-order chi connectivity index (χ1) is 12.1. The number of carbonyl (C=O) groups is 2. The highest BCUT2D eigenvalue weighted by molar-refractivity contribution is 6.13. The summed E-state index contributed by atoms with van der Waals surface area (Å²) in [7, 11) is 0. The van der Waals surface area contributed by atoms with Crippen LogP contribution in [0.15, 0.2) is 48.5 Å². The van der Waals surface area contributed by atoms with Crippen molar-refractivity contribution in [3.8, 4) is 0 Å². The summed E-state index contributed by atoms with van der Waals surface area (Å²) in [5.74, 6) is -0.949. The molecule has 130 valence electrons. The molecule has 0 radical (unpaired) electrons. The summed E-state index contributed by atoms with van der Waals surface area (Å²) in [4.78, 5) is 26.9. The molecule has 1 saturated heterocycles. The Balaban J connectivity index is 1.69. The van der Waals surface area contributed by atoms with Gasteiger partial charge in [0.25, 0.3) is 0 Å². The Morgan fingerprint density at radius 2 is 1.80 bits per heavy atom. The van der Waals surface area contributed by atoms with Crippen LogP contribution >= 0.6 is 0 Å². The molecule has 2 amide bonds. The van der Waals surface area contributed by atoms with Crippen LogP contribution in [0.5, 0.6) is 0 Å². The van der Waals surface area contributed by atoms with Gasteiger partial charge in [-0.15, -0.1) is 0 Å². The number of aryl methyl sites for hydroxylation is 2. The highest BCUT2D eigenvalue weighted by Gasteiger charge is 2.37. The second-order valence-corrected chi connectivity index (χ2v) is 6.39. The minimum absolute atomic E-state index is 0.117. The topological polar surface area (TPSA) is 49.4 Å². The van der Waals surface area contributed by atoms with Gasteiger partial charge in [-0.05, 0) is 54.7 Å². The Bertz CT molecular complexity index is 768. The lowest BCUT2D eigenvalue weighted by molar-refractivity contribution is -0.129. The first kappa shape index (κ1) is 17.2. The highest BCUT2D eigenvalue weighted by Crippen LogP contribution is 2.26. The van der Waals surface area contributed by atoms with Gasteiger partial charge in [-0.25, -0.2) is 0 Å². The fourth-order valence-corrected chi connectivity index (χ4v) is 3.19. The minimum atomic E-state index is -0.615. The molecular weight excluding hydrogens is 312 g/mol. The van der Waals surface area contributed by atoms with E-state index in [1.165, 1.54) is 5.56 Å². The van der Waals surface area contributed by atoms with Crippen LogP contribution in [-0.2, 0) is 22.4 Å². The van der Waals surface area contributed by atoms with Crippen LogP contribution in [0.2, 0.25) is 0 Å². The van der Waals surface area contributed by atoms with Crippen LogP contribution < -0.4 is 10.2 Å². The van der Waals surface area contributed by atoms with Gasteiger partial charge in [0, 0.05) is 17.9 Å². The molecule has 0 spiro atoms. The van der Waals surface area contributed by atoms with Crippen molar-refractivity contribution in [2.45, 2.75) is 33.1 Å². The maximum Gasteiger partial charge on any atom is 0.239 e. The summed E-state index contributed by atoms with van der Waals surface area (Å²) in [5.41, 5.74) is 4.02. The predicted octanol–water partition coefficient (Wildman–Crippen LogP) is 3.80. The lowest BCUT2D eigenvalue weighted by Gasteiger charge is -2.17. The second kappa shape index (κ2) is 7.51. The molecule has 0 saturated carbocycles. The summed E-state index contributed by atoms with van der Waals surface area (Å²) in [6.07, 6.45) is 2.43. The van der Waals surface area contributed by atoms with Crippen LogP contribution in [0.3, 0.4) is 0 Å². The van der Waals surface area contributed by atoms with E-state index in [1.54, 1.807) is 4.90 Å². The van der Waals surface area contributed by atoms with Gasteiger partial charge in [0.15, 0.2) is 0 Å². The van der Waals surface area contributed by atoms with E-state index in [4.69, 9.17) is 0 Å². The van der Waals surface area contributed by atoms with Gasteiger partial charge in [0.05, 0.1) is 0 Å². The minimum Gasteiger partial charge on any atom is -0.325 e. The smallest absolute Gasteiger partial charge is 0.239 e. The second-order valence-electron chi connectivity index (χ2n) is 6.39. The molecule has 1 aliphatic heterocycles. The maximum absolute atomic E-state index is 12.7. The largest absolute Gasteiger partial charge is 0.325 e. The number of carbonyl (C=O) groups excluding carboxylic acids is 2. The predicted molar refractivity (Wildman–Crippen MR) is 101 cm³/mol. The molecule has 4 nitrogen and oxygen atoms in total. The van der Waals surface area contributed by atoms with Crippen molar-refractivity contribution in [1.29, 1.82) is 0 Å². The normalized spacial score (nSPS) is 17.0. The molecule has 1 N–H and O–H groups in total. The standard InChI is InChI=1S/C21H24N2O2/c1-3-15-8-10-18(11-9-15)23-13-12-19(21(23)25)20(24)22-17-7-5-6-16(4-2)14-17/h5-11,14,19H,3-4,12-13H2,1-2H3,(H,22,24)/t19-/m0/s1. The molecule has 1 heterocycles. The summed E-state index contributed by atoms with van der Waals surface area (Å²) < 4.78 is 0. The van der Waals surface area contributed by atoms with Gasteiger partial charge < -0.3 is 10.2 Å². The van der Waals surface area contributed by atoms with E-state index >= 15 is 0 Å². The van der Waals surface area contributed by atoms with Crippen LogP contribution in [-0.4, -0.2) is 18.4 Å². The van der Waals surface area contributed by atoms with Crippen molar-refractivity contribution in [2.75, 3.05) is 16.8 Å². The van der Waals surface area contributed by atoms with Gasteiger partial charge >= 0.3 is 0 Å². The van der Waals surface area contributed by atoms with Crippen LogP contribution in [0.4, 0.5) is 11.4 Å². The van der Waals surface area contributed by atoms with Crippen molar-refractivity contribution >= 4 is 23.2 Å². The highest BCUT2D eigenvalue weighted by atomic mass is 16.2. The molecule has 1 aliphatic rings. The monoisotopic (exact) mass is 336 g/mol. The molecule has 4 heteroatoms. The molecule has 1 atom stereocenters. The van der Waals surface area contributed by atoms with Crippen LogP contribution in [0.25, 0.3) is 0 Å². The van der Waals surface area contributed by atoms with Gasteiger partial charge in [-0.1, -0.05) is 38.1 Å². The Morgan fingerprint density at radius 3 is 2.48 bits per heavy atom. The zero-order valence-electron chi connectivity index (χ0n) is 14.8. The average Bonchev–Trinajstić information content (AvgIpc) is 3.03. The lowest BCUT2D eigenvalue weighted by Crippen LogP contribution is -2.33. The first-order valence-electron chi connectivity index (χ1n) is 8.92. The Labute approximate surface area is 148 Å². The van der Waals surface area contributed by atoms with Crippen molar-refractivity contribution < 1.29 is 9.59 Å². The van der Waals surface area contributed by atoms with Gasteiger partial charge in [-0.2, -0.15) is 0 Å². The van der Waals surface area contributed by atoms with E-state index in [0.29, 0.717) is 13.0 Å². The van der Waals surface area contributed by atoms with Crippen molar-refractivity contribution in [3.05, 3.63) is 59.7 Å². The van der Waals surface area contributed by atoms with Gasteiger partial charge in [0.2, 0.25) is 11.8 Å². The summed E-state index contributed by atoms with van der Waals surface area (Å²) in [5, 5.41) is 2.89. The summed E-state index contributed by atoms with van der Waals surface area (Å²) >= 11 is 0. The maximum atomic E-state index is 12.7. The van der Waals surface area contributed by atoms with E-state index in [2.05, 4.69) is 19.2 Å². The quantitative estimate of drug-likeness (QED) is 0.844. The Hall–Kier alpha value is -2.62. The van der Waals surface area contributed by atoms with E-state index in [9.17, 15) is 9.59 Å². The number of anilines is 2. The third-order valence-corrected chi connectivity index (χ3v) is 4.78. The third-order valence-electron chi connectivity index (χ3n) is 4.78.